The van der Waals surface area contributed by atoms with Crippen LogP contribution in [0.2, 0.25) is 0 Å². The maximum absolute atomic E-state index is 13.3. The van der Waals surface area contributed by atoms with E-state index >= 15 is 0 Å². The summed E-state index contributed by atoms with van der Waals surface area (Å²) in [6.45, 7) is 1.48. The fourth-order valence-corrected chi connectivity index (χ4v) is 4.84. The van der Waals surface area contributed by atoms with Crippen LogP contribution in [0.1, 0.15) is 29.3 Å². The molecule has 1 saturated carbocycles. The minimum atomic E-state index is -0.321. The zero-order valence-electron chi connectivity index (χ0n) is 17.6. The molecular formula is C23H27FN2O4S. The number of benzene rings is 1. The molecule has 31 heavy (non-hydrogen) atoms. The van der Waals surface area contributed by atoms with E-state index < -0.39 is 0 Å². The number of ether oxygens (including phenoxy) is 2. The first kappa shape index (κ1) is 21.8. The standard InChI is InChI=1S/C23H27FN2O4S/c1-29-15-23(28)25(12-16-2-3-16)13-22(27)26-10-8-21-19(9-11-31-21)20(26)14-30-18-6-4-17(24)5-7-18/h4-7,9,11,16,20H,2-3,8,10,12-15H2,1H3. The van der Waals surface area contributed by atoms with Crippen molar-refractivity contribution in [2.24, 2.45) is 5.92 Å². The highest BCUT2D eigenvalue weighted by Gasteiger charge is 2.34. The lowest BCUT2D eigenvalue weighted by Crippen LogP contribution is -2.48. The molecule has 1 aliphatic heterocycles. The highest BCUT2D eigenvalue weighted by atomic mass is 32.1. The van der Waals surface area contributed by atoms with Crippen LogP contribution >= 0.6 is 11.3 Å². The number of rotatable bonds is 9. The SMILES string of the molecule is COCC(=O)N(CC(=O)N1CCc2sccc2C1COc1ccc(F)cc1)CC1CC1. The second kappa shape index (κ2) is 9.78. The van der Waals surface area contributed by atoms with Crippen LogP contribution in [0.4, 0.5) is 4.39 Å². The summed E-state index contributed by atoms with van der Waals surface area (Å²) in [4.78, 5) is 30.5. The minimum absolute atomic E-state index is 0.0220. The van der Waals surface area contributed by atoms with Crippen LogP contribution in [0.5, 0.6) is 5.75 Å². The van der Waals surface area contributed by atoms with Gasteiger partial charge in [-0.2, -0.15) is 0 Å². The van der Waals surface area contributed by atoms with Crippen LogP contribution < -0.4 is 4.74 Å². The van der Waals surface area contributed by atoms with Crippen molar-refractivity contribution >= 4 is 23.2 Å². The average molecular weight is 447 g/mol. The smallest absolute Gasteiger partial charge is 0.249 e. The molecule has 2 amide bonds. The minimum Gasteiger partial charge on any atom is -0.491 e. The summed E-state index contributed by atoms with van der Waals surface area (Å²) in [5, 5.41) is 2.03. The molecule has 8 heteroatoms. The fourth-order valence-electron chi connectivity index (χ4n) is 3.92. The number of amides is 2. The average Bonchev–Trinajstić information content (AvgIpc) is 3.45. The Morgan fingerprint density at radius 1 is 1.23 bits per heavy atom. The summed E-state index contributed by atoms with van der Waals surface area (Å²) in [7, 11) is 1.49. The topological polar surface area (TPSA) is 59.1 Å². The van der Waals surface area contributed by atoms with Crippen molar-refractivity contribution in [3.05, 3.63) is 52.0 Å². The van der Waals surface area contributed by atoms with Crippen LogP contribution in [-0.4, -0.2) is 61.6 Å². The molecule has 2 aromatic rings. The molecule has 2 heterocycles. The first-order chi connectivity index (χ1) is 15.0. The maximum atomic E-state index is 13.3. The van der Waals surface area contributed by atoms with Crippen molar-refractivity contribution in [1.82, 2.24) is 9.80 Å². The number of nitrogens with zero attached hydrogens (tertiary/aromatic N) is 2. The molecule has 1 fully saturated rings. The van der Waals surface area contributed by atoms with Gasteiger partial charge in [-0.05, 0) is 66.5 Å². The van der Waals surface area contributed by atoms with Gasteiger partial charge < -0.3 is 19.3 Å². The first-order valence-electron chi connectivity index (χ1n) is 10.6. The molecule has 0 bridgehead atoms. The summed E-state index contributed by atoms with van der Waals surface area (Å²) < 4.78 is 24.1. The fraction of sp³-hybridized carbons (Fsp3) is 0.478. The number of hydrogen-bond donors (Lipinski definition) is 0. The van der Waals surface area contributed by atoms with Crippen molar-refractivity contribution in [3.63, 3.8) is 0 Å². The van der Waals surface area contributed by atoms with Gasteiger partial charge in [-0.25, -0.2) is 4.39 Å². The Balaban J connectivity index is 1.48. The molecule has 0 radical (unpaired) electrons. The van der Waals surface area contributed by atoms with E-state index in [1.807, 2.05) is 16.3 Å². The molecule has 1 aromatic carbocycles. The third-order valence-corrected chi connectivity index (χ3v) is 6.76. The third kappa shape index (κ3) is 5.43. The molecular weight excluding hydrogens is 419 g/mol. The highest BCUT2D eigenvalue weighted by molar-refractivity contribution is 7.10. The predicted molar refractivity (Wildman–Crippen MR) is 116 cm³/mol. The third-order valence-electron chi connectivity index (χ3n) is 5.76. The number of methoxy groups -OCH3 is 1. The van der Waals surface area contributed by atoms with E-state index in [-0.39, 0.29) is 43.4 Å². The number of halogens is 1. The number of carbonyl (C=O) groups excluding carboxylic acids is 2. The van der Waals surface area contributed by atoms with Crippen molar-refractivity contribution in [2.45, 2.75) is 25.3 Å². The Hall–Kier alpha value is -2.45. The molecule has 0 spiro atoms. The van der Waals surface area contributed by atoms with E-state index in [0.29, 0.717) is 24.8 Å². The summed E-state index contributed by atoms with van der Waals surface area (Å²) >= 11 is 1.68. The largest absolute Gasteiger partial charge is 0.491 e. The van der Waals surface area contributed by atoms with Gasteiger partial charge in [0, 0.05) is 25.1 Å². The monoisotopic (exact) mass is 446 g/mol. The van der Waals surface area contributed by atoms with Gasteiger partial charge >= 0.3 is 0 Å². The number of fused-ring (bicyclic) bond motifs is 1. The second-order valence-corrected chi connectivity index (χ2v) is 9.07. The molecule has 4 rings (SSSR count). The molecule has 0 saturated heterocycles. The number of thiophene rings is 1. The zero-order valence-corrected chi connectivity index (χ0v) is 18.4. The van der Waals surface area contributed by atoms with E-state index in [9.17, 15) is 14.0 Å². The van der Waals surface area contributed by atoms with Crippen molar-refractivity contribution in [1.29, 1.82) is 0 Å². The van der Waals surface area contributed by atoms with Crippen molar-refractivity contribution in [2.75, 3.05) is 40.0 Å². The number of carbonyl (C=O) groups is 2. The van der Waals surface area contributed by atoms with E-state index in [0.717, 1.165) is 24.8 Å². The lowest BCUT2D eigenvalue weighted by molar-refractivity contribution is -0.144. The highest BCUT2D eigenvalue weighted by Crippen LogP contribution is 2.34. The van der Waals surface area contributed by atoms with Crippen LogP contribution in [0, 0.1) is 11.7 Å². The summed E-state index contributed by atoms with van der Waals surface area (Å²) in [6, 6.07) is 7.67. The zero-order chi connectivity index (χ0) is 21.8. The van der Waals surface area contributed by atoms with Gasteiger partial charge in [-0.15, -0.1) is 11.3 Å². The van der Waals surface area contributed by atoms with Gasteiger partial charge in [0.2, 0.25) is 11.8 Å². The van der Waals surface area contributed by atoms with Crippen LogP contribution in [0.25, 0.3) is 0 Å². The van der Waals surface area contributed by atoms with Gasteiger partial charge in [0.05, 0.1) is 12.6 Å². The molecule has 6 nitrogen and oxygen atoms in total. The van der Waals surface area contributed by atoms with Crippen LogP contribution in [0.3, 0.4) is 0 Å². The molecule has 1 unspecified atom stereocenters. The van der Waals surface area contributed by atoms with Gasteiger partial charge in [0.1, 0.15) is 24.8 Å². The summed E-state index contributed by atoms with van der Waals surface area (Å²) in [5.41, 5.74) is 1.09. The van der Waals surface area contributed by atoms with Gasteiger partial charge in [-0.3, -0.25) is 9.59 Å². The van der Waals surface area contributed by atoms with Gasteiger partial charge in [0.15, 0.2) is 0 Å². The Kier molecular flexibility index (Phi) is 6.87. The molecule has 166 valence electrons. The lowest BCUT2D eigenvalue weighted by atomic mass is 10.0. The predicted octanol–water partition coefficient (Wildman–Crippen LogP) is 3.28. The maximum Gasteiger partial charge on any atom is 0.249 e. The van der Waals surface area contributed by atoms with Crippen molar-refractivity contribution < 1.29 is 23.5 Å². The Labute approximate surface area is 185 Å². The molecule has 1 aliphatic carbocycles. The van der Waals surface area contributed by atoms with E-state index in [1.54, 1.807) is 28.4 Å². The van der Waals surface area contributed by atoms with E-state index in [2.05, 4.69) is 0 Å². The molecule has 1 aromatic heterocycles. The summed E-state index contributed by atoms with van der Waals surface area (Å²) in [5.74, 6) is 0.473. The normalized spacial score (nSPS) is 17.9. The summed E-state index contributed by atoms with van der Waals surface area (Å²) in [6.07, 6.45) is 2.99. The lowest BCUT2D eigenvalue weighted by Gasteiger charge is -2.37. The van der Waals surface area contributed by atoms with Crippen LogP contribution in [-0.2, 0) is 20.7 Å². The number of hydrogen-bond acceptors (Lipinski definition) is 5. The van der Waals surface area contributed by atoms with Gasteiger partial charge in [-0.1, -0.05) is 0 Å². The Morgan fingerprint density at radius 2 is 2.00 bits per heavy atom. The van der Waals surface area contributed by atoms with E-state index in [4.69, 9.17) is 9.47 Å². The Morgan fingerprint density at radius 3 is 2.71 bits per heavy atom. The molecule has 0 N–H and O–H groups in total. The van der Waals surface area contributed by atoms with Crippen LogP contribution in [0.15, 0.2) is 35.7 Å². The molecule has 1 atom stereocenters. The van der Waals surface area contributed by atoms with E-state index in [1.165, 1.54) is 24.1 Å². The van der Waals surface area contributed by atoms with Gasteiger partial charge in [0.25, 0.3) is 0 Å². The quantitative estimate of drug-likeness (QED) is 0.593. The molecule has 2 aliphatic rings. The van der Waals surface area contributed by atoms with Crippen molar-refractivity contribution in [3.8, 4) is 5.75 Å². The Bertz CT molecular complexity index is 913. The second-order valence-electron chi connectivity index (χ2n) is 8.07. The first-order valence-corrected chi connectivity index (χ1v) is 11.4.